The largest absolute Gasteiger partial charge is 0.278 e. The third-order valence-corrected chi connectivity index (χ3v) is 0.828. The minimum Gasteiger partial charge on any atom is -0.278 e. The van der Waals surface area contributed by atoms with Gasteiger partial charge >= 0.3 is 0 Å². The Balaban J connectivity index is 3.68. The van der Waals surface area contributed by atoms with E-state index in [1.54, 1.807) is 0 Å². The Morgan fingerprint density at radius 1 is 1.67 bits per heavy atom. The molecule has 0 rings (SSSR count). The van der Waals surface area contributed by atoms with Crippen LogP contribution in [-0.2, 0) is 0 Å². The highest BCUT2D eigenvalue weighted by atomic mass is 14.9. The van der Waals surface area contributed by atoms with Gasteiger partial charge in [0.1, 0.15) is 6.67 Å². The molecule has 0 spiro atoms. The second kappa shape index (κ2) is 5.22. The molecule has 0 bridgehead atoms. The molecule has 0 aromatic heterocycles. The predicted molar refractivity (Wildman–Crippen MR) is 42.3 cm³/mol. The van der Waals surface area contributed by atoms with Crippen molar-refractivity contribution in [3.05, 3.63) is 12.2 Å². The highest BCUT2D eigenvalue weighted by molar-refractivity contribution is 5.92. The maximum atomic E-state index is 4.03. The fourth-order valence-electron chi connectivity index (χ4n) is 0.455. The quantitative estimate of drug-likeness (QED) is 0.511. The monoisotopic (exact) mass is 124 g/mol. The van der Waals surface area contributed by atoms with E-state index in [0.717, 1.165) is 5.71 Å². The predicted octanol–water partition coefficient (Wildman–Crippen LogP) is 1.68. The number of aliphatic imine (C=N–C) groups is 2. The van der Waals surface area contributed by atoms with E-state index in [0.29, 0.717) is 6.67 Å². The summed E-state index contributed by atoms with van der Waals surface area (Å²) in [6.07, 6.45) is 3.88. The number of allylic oxidation sites excluding steroid dienone is 2. The van der Waals surface area contributed by atoms with Gasteiger partial charge in [0.05, 0.1) is 0 Å². The van der Waals surface area contributed by atoms with Gasteiger partial charge in [-0.2, -0.15) is 0 Å². The molecule has 0 aliphatic carbocycles. The molecule has 0 N–H and O–H groups in total. The van der Waals surface area contributed by atoms with E-state index < -0.39 is 0 Å². The third-order valence-electron chi connectivity index (χ3n) is 0.828. The average Bonchev–Trinajstić information content (AvgIpc) is 1.85. The SMILES string of the molecule is C=NC/N=C(C)\C=C/C. The molecule has 0 heterocycles. The molecule has 0 unspecified atom stereocenters. The second-order valence-corrected chi connectivity index (χ2v) is 1.66. The van der Waals surface area contributed by atoms with Gasteiger partial charge in [-0.25, -0.2) is 0 Å². The molecule has 50 valence electrons. The molecule has 0 aromatic rings. The molecule has 0 aliphatic rings. The van der Waals surface area contributed by atoms with Gasteiger partial charge in [0.2, 0.25) is 0 Å². The van der Waals surface area contributed by atoms with Crippen molar-refractivity contribution in [2.45, 2.75) is 13.8 Å². The standard InChI is InChI=1S/C7H12N2/c1-4-5-7(2)9-6-8-3/h4-5H,3,6H2,1-2H3/b5-4-,9-7-. The zero-order chi connectivity index (χ0) is 7.11. The van der Waals surface area contributed by atoms with Gasteiger partial charge in [0, 0.05) is 5.71 Å². The Bertz CT molecular complexity index is 134. The highest BCUT2D eigenvalue weighted by Gasteiger charge is 1.76. The lowest BCUT2D eigenvalue weighted by molar-refractivity contribution is 1.08. The van der Waals surface area contributed by atoms with E-state index in [9.17, 15) is 0 Å². The van der Waals surface area contributed by atoms with Crippen LogP contribution < -0.4 is 0 Å². The van der Waals surface area contributed by atoms with E-state index in [1.807, 2.05) is 26.0 Å². The molecule has 0 radical (unpaired) electrons. The summed E-state index contributed by atoms with van der Waals surface area (Å²) in [5, 5.41) is 0. The van der Waals surface area contributed by atoms with Crippen LogP contribution in [0.1, 0.15) is 13.8 Å². The molecule has 9 heavy (non-hydrogen) atoms. The van der Waals surface area contributed by atoms with E-state index in [-0.39, 0.29) is 0 Å². The summed E-state index contributed by atoms with van der Waals surface area (Å²) < 4.78 is 0. The zero-order valence-electron chi connectivity index (χ0n) is 5.96. The molecule has 2 heteroatoms. The molecule has 0 saturated heterocycles. The van der Waals surface area contributed by atoms with Gasteiger partial charge in [-0.05, 0) is 26.6 Å². The minimum atomic E-state index is 0.468. The lowest BCUT2D eigenvalue weighted by Gasteiger charge is -1.86. The number of rotatable bonds is 3. The summed E-state index contributed by atoms with van der Waals surface area (Å²) in [4.78, 5) is 7.62. The van der Waals surface area contributed by atoms with Crippen LogP contribution >= 0.6 is 0 Å². The van der Waals surface area contributed by atoms with E-state index in [1.165, 1.54) is 0 Å². The molecule has 0 atom stereocenters. The summed E-state index contributed by atoms with van der Waals surface area (Å²) in [5.41, 5.74) is 0.991. The maximum Gasteiger partial charge on any atom is 0.128 e. The van der Waals surface area contributed by atoms with Gasteiger partial charge in [-0.1, -0.05) is 6.08 Å². The smallest absolute Gasteiger partial charge is 0.128 e. The van der Waals surface area contributed by atoms with Crippen LogP contribution in [0.4, 0.5) is 0 Å². The fourth-order valence-corrected chi connectivity index (χ4v) is 0.455. The lowest BCUT2D eigenvalue weighted by Crippen LogP contribution is -1.84. The van der Waals surface area contributed by atoms with Crippen molar-refractivity contribution >= 4 is 12.4 Å². The Hall–Kier alpha value is -0.920. The van der Waals surface area contributed by atoms with Gasteiger partial charge in [0.25, 0.3) is 0 Å². The van der Waals surface area contributed by atoms with E-state index in [4.69, 9.17) is 0 Å². The van der Waals surface area contributed by atoms with Gasteiger partial charge < -0.3 is 0 Å². The summed E-state index contributed by atoms with van der Waals surface area (Å²) in [6.45, 7) is 7.67. The van der Waals surface area contributed by atoms with Crippen LogP contribution in [-0.4, -0.2) is 19.1 Å². The van der Waals surface area contributed by atoms with E-state index >= 15 is 0 Å². The number of hydrogen-bond donors (Lipinski definition) is 0. The van der Waals surface area contributed by atoms with Crippen molar-refractivity contribution in [3.8, 4) is 0 Å². The molecule has 0 fully saturated rings. The Labute approximate surface area is 56.0 Å². The van der Waals surface area contributed by atoms with Crippen LogP contribution in [0.25, 0.3) is 0 Å². The molecule has 2 nitrogen and oxygen atoms in total. The highest BCUT2D eigenvalue weighted by Crippen LogP contribution is 1.80. The zero-order valence-corrected chi connectivity index (χ0v) is 5.96. The summed E-state index contributed by atoms with van der Waals surface area (Å²) in [5.74, 6) is 0. The first-order valence-electron chi connectivity index (χ1n) is 2.87. The van der Waals surface area contributed by atoms with Crippen LogP contribution in [0.5, 0.6) is 0 Å². The second-order valence-electron chi connectivity index (χ2n) is 1.66. The minimum absolute atomic E-state index is 0.468. The molecule has 0 aliphatic heterocycles. The van der Waals surface area contributed by atoms with Gasteiger partial charge in [-0.15, -0.1) is 0 Å². The molecule has 0 aromatic carbocycles. The third kappa shape index (κ3) is 4.94. The Morgan fingerprint density at radius 2 is 2.33 bits per heavy atom. The number of hydrogen-bond acceptors (Lipinski definition) is 2. The normalized spacial score (nSPS) is 12.4. The molecule has 0 amide bonds. The van der Waals surface area contributed by atoms with Gasteiger partial charge in [-0.3, -0.25) is 9.98 Å². The van der Waals surface area contributed by atoms with Crippen LogP contribution in [0.2, 0.25) is 0 Å². The summed E-state index contributed by atoms with van der Waals surface area (Å²) >= 11 is 0. The van der Waals surface area contributed by atoms with Gasteiger partial charge in [0.15, 0.2) is 0 Å². The van der Waals surface area contributed by atoms with Crippen LogP contribution in [0, 0.1) is 0 Å². The van der Waals surface area contributed by atoms with Crippen molar-refractivity contribution < 1.29 is 0 Å². The van der Waals surface area contributed by atoms with Crippen molar-refractivity contribution in [2.75, 3.05) is 6.67 Å². The fraction of sp³-hybridized carbons (Fsp3) is 0.429. The van der Waals surface area contributed by atoms with E-state index in [2.05, 4.69) is 16.7 Å². The summed E-state index contributed by atoms with van der Waals surface area (Å²) in [6, 6.07) is 0. The Morgan fingerprint density at radius 3 is 2.78 bits per heavy atom. The van der Waals surface area contributed by atoms with Crippen LogP contribution in [0.15, 0.2) is 22.1 Å². The number of nitrogens with zero attached hydrogens (tertiary/aromatic N) is 2. The maximum absolute atomic E-state index is 4.03. The Kier molecular flexibility index (Phi) is 4.69. The topological polar surface area (TPSA) is 24.7 Å². The molecular weight excluding hydrogens is 112 g/mol. The van der Waals surface area contributed by atoms with Crippen LogP contribution in [0.3, 0.4) is 0 Å². The first kappa shape index (κ1) is 8.08. The lowest BCUT2D eigenvalue weighted by atomic mass is 10.4. The summed E-state index contributed by atoms with van der Waals surface area (Å²) in [7, 11) is 0. The first-order chi connectivity index (χ1) is 4.31. The average molecular weight is 124 g/mol. The molecule has 0 saturated carbocycles. The van der Waals surface area contributed by atoms with Crippen molar-refractivity contribution in [2.24, 2.45) is 9.98 Å². The van der Waals surface area contributed by atoms with Crippen molar-refractivity contribution in [1.29, 1.82) is 0 Å². The molecular formula is C7H12N2. The van der Waals surface area contributed by atoms with Crippen molar-refractivity contribution in [3.63, 3.8) is 0 Å². The van der Waals surface area contributed by atoms with Crippen molar-refractivity contribution in [1.82, 2.24) is 0 Å². The first-order valence-corrected chi connectivity index (χ1v) is 2.87.